The third kappa shape index (κ3) is 2.76. The highest BCUT2D eigenvalue weighted by molar-refractivity contribution is 7.10. The Bertz CT molecular complexity index is 447. The van der Waals surface area contributed by atoms with E-state index in [4.69, 9.17) is 10.00 Å². The van der Waals surface area contributed by atoms with Crippen LogP contribution < -0.4 is 5.32 Å². The van der Waals surface area contributed by atoms with Crippen molar-refractivity contribution in [2.75, 3.05) is 11.9 Å². The van der Waals surface area contributed by atoms with E-state index in [1.54, 1.807) is 0 Å². The highest BCUT2D eigenvalue weighted by Gasteiger charge is 2.29. The highest BCUT2D eigenvalue weighted by atomic mass is 32.1. The van der Waals surface area contributed by atoms with Gasteiger partial charge in [-0.1, -0.05) is 0 Å². The minimum Gasteiger partial charge on any atom is -0.375 e. The maximum Gasteiger partial charge on any atom is 0.127 e. The monoisotopic (exact) mass is 251 g/mol. The van der Waals surface area contributed by atoms with Crippen molar-refractivity contribution >= 4 is 16.5 Å². The van der Waals surface area contributed by atoms with Gasteiger partial charge in [0.2, 0.25) is 0 Å². The second-order valence-corrected chi connectivity index (χ2v) is 5.80. The van der Waals surface area contributed by atoms with Crippen molar-refractivity contribution in [1.82, 2.24) is 4.37 Å². The van der Waals surface area contributed by atoms with Crippen molar-refractivity contribution in [3.8, 4) is 6.07 Å². The summed E-state index contributed by atoms with van der Waals surface area (Å²) >= 11 is 1.37. The number of hydrogen-bond acceptors (Lipinski definition) is 5. The first-order valence-corrected chi connectivity index (χ1v) is 6.56. The van der Waals surface area contributed by atoms with Gasteiger partial charge >= 0.3 is 0 Å². The van der Waals surface area contributed by atoms with Gasteiger partial charge in [-0.3, -0.25) is 0 Å². The van der Waals surface area contributed by atoms with Crippen LogP contribution in [0.15, 0.2) is 0 Å². The van der Waals surface area contributed by atoms with Gasteiger partial charge in [0.25, 0.3) is 0 Å². The van der Waals surface area contributed by atoms with Crippen LogP contribution in [-0.2, 0) is 4.74 Å². The summed E-state index contributed by atoms with van der Waals surface area (Å²) in [7, 11) is 0. The van der Waals surface area contributed by atoms with E-state index in [0.29, 0.717) is 11.6 Å². The summed E-state index contributed by atoms with van der Waals surface area (Å²) in [6.45, 7) is 6.84. The van der Waals surface area contributed by atoms with Crippen molar-refractivity contribution in [3.63, 3.8) is 0 Å². The molecular weight excluding hydrogens is 234 g/mol. The minimum atomic E-state index is -0.0809. The molecule has 0 aromatic carbocycles. The van der Waals surface area contributed by atoms with Gasteiger partial charge in [-0.15, -0.1) is 0 Å². The molecule has 17 heavy (non-hydrogen) atoms. The molecule has 0 bridgehead atoms. The molecular formula is C12H17N3OS. The number of rotatable bonds is 2. The maximum atomic E-state index is 9.07. The van der Waals surface area contributed by atoms with Crippen molar-refractivity contribution in [1.29, 1.82) is 5.26 Å². The third-order valence-corrected chi connectivity index (χ3v) is 3.88. The Morgan fingerprint density at radius 1 is 1.59 bits per heavy atom. The average molecular weight is 251 g/mol. The molecule has 4 nitrogen and oxygen atoms in total. The average Bonchev–Trinajstić information content (AvgIpc) is 2.58. The van der Waals surface area contributed by atoms with Gasteiger partial charge in [0.1, 0.15) is 16.6 Å². The third-order valence-electron chi connectivity index (χ3n) is 3.01. The van der Waals surface area contributed by atoms with E-state index in [2.05, 4.69) is 29.6 Å². The molecule has 0 spiro atoms. The molecule has 1 aromatic heterocycles. The van der Waals surface area contributed by atoms with Gasteiger partial charge in [0.15, 0.2) is 0 Å². The fourth-order valence-corrected chi connectivity index (χ4v) is 2.96. The molecule has 1 saturated heterocycles. The first-order chi connectivity index (χ1) is 8.02. The lowest BCUT2D eigenvalue weighted by Crippen LogP contribution is -2.40. The van der Waals surface area contributed by atoms with Crippen LogP contribution in [0.25, 0.3) is 0 Å². The first kappa shape index (κ1) is 12.3. The molecule has 0 radical (unpaired) electrons. The van der Waals surface area contributed by atoms with Crippen LogP contribution in [0, 0.1) is 18.3 Å². The molecule has 0 aliphatic carbocycles. The van der Waals surface area contributed by atoms with E-state index in [-0.39, 0.29) is 5.60 Å². The van der Waals surface area contributed by atoms with Crippen molar-refractivity contribution in [2.24, 2.45) is 0 Å². The van der Waals surface area contributed by atoms with Crippen LogP contribution in [0.2, 0.25) is 0 Å². The Morgan fingerprint density at radius 3 is 3.00 bits per heavy atom. The molecule has 1 aliphatic rings. The van der Waals surface area contributed by atoms with E-state index in [0.717, 1.165) is 30.1 Å². The maximum absolute atomic E-state index is 9.07. The molecule has 1 aliphatic heterocycles. The number of nitrogens with one attached hydrogen (secondary N) is 1. The van der Waals surface area contributed by atoms with Crippen LogP contribution in [0.5, 0.6) is 0 Å². The summed E-state index contributed by atoms with van der Waals surface area (Å²) in [5.74, 6) is 0. The standard InChI is InChI=1S/C12H17N3OS/c1-8-10(7-13)11(17-15-8)14-9-4-5-16-12(2,3)6-9/h9,14H,4-6H2,1-3H3. The SMILES string of the molecule is Cc1nsc(NC2CCOC(C)(C)C2)c1C#N. The molecule has 0 saturated carbocycles. The van der Waals surface area contributed by atoms with Crippen LogP contribution in [0.1, 0.15) is 37.9 Å². The molecule has 1 atom stereocenters. The zero-order valence-electron chi connectivity index (χ0n) is 10.4. The molecule has 1 aromatic rings. The van der Waals surface area contributed by atoms with E-state index in [9.17, 15) is 0 Å². The number of nitriles is 1. The number of aryl methyl sites for hydroxylation is 1. The lowest BCUT2D eigenvalue weighted by atomic mass is 9.94. The van der Waals surface area contributed by atoms with Gasteiger partial charge in [0.05, 0.1) is 11.3 Å². The topological polar surface area (TPSA) is 57.9 Å². The lowest BCUT2D eigenvalue weighted by molar-refractivity contribution is -0.0552. The van der Waals surface area contributed by atoms with E-state index >= 15 is 0 Å². The van der Waals surface area contributed by atoms with Gasteiger partial charge in [-0.2, -0.15) is 9.64 Å². The number of nitrogens with zero attached hydrogens (tertiary/aromatic N) is 2. The smallest absolute Gasteiger partial charge is 0.127 e. The zero-order valence-corrected chi connectivity index (χ0v) is 11.2. The molecule has 1 unspecified atom stereocenters. The molecule has 2 heterocycles. The summed E-state index contributed by atoms with van der Waals surface area (Å²) in [5, 5.41) is 13.4. The van der Waals surface area contributed by atoms with Gasteiger partial charge in [-0.05, 0) is 45.1 Å². The summed E-state index contributed by atoms with van der Waals surface area (Å²) in [6, 6.07) is 2.57. The predicted molar refractivity (Wildman–Crippen MR) is 68.2 cm³/mol. The van der Waals surface area contributed by atoms with Gasteiger partial charge in [0, 0.05) is 12.6 Å². The van der Waals surface area contributed by atoms with Crippen LogP contribution in [-0.4, -0.2) is 22.6 Å². The minimum absolute atomic E-state index is 0.0809. The largest absolute Gasteiger partial charge is 0.375 e. The zero-order chi connectivity index (χ0) is 12.5. The molecule has 0 amide bonds. The summed E-state index contributed by atoms with van der Waals surface area (Å²) in [4.78, 5) is 0. The van der Waals surface area contributed by atoms with Crippen LogP contribution >= 0.6 is 11.5 Å². The molecule has 92 valence electrons. The molecule has 1 fully saturated rings. The van der Waals surface area contributed by atoms with Crippen molar-refractivity contribution < 1.29 is 4.74 Å². The van der Waals surface area contributed by atoms with Gasteiger partial charge < -0.3 is 10.1 Å². The van der Waals surface area contributed by atoms with Crippen molar-refractivity contribution in [2.45, 2.75) is 45.3 Å². The van der Waals surface area contributed by atoms with E-state index in [1.807, 2.05) is 6.92 Å². The Kier molecular flexibility index (Phi) is 3.36. The summed E-state index contributed by atoms with van der Waals surface area (Å²) in [5.41, 5.74) is 1.41. The summed E-state index contributed by atoms with van der Waals surface area (Å²) in [6.07, 6.45) is 1.93. The number of anilines is 1. The quantitative estimate of drug-likeness (QED) is 0.878. The van der Waals surface area contributed by atoms with Crippen LogP contribution in [0.3, 0.4) is 0 Å². The molecule has 5 heteroatoms. The fraction of sp³-hybridized carbons (Fsp3) is 0.667. The summed E-state index contributed by atoms with van der Waals surface area (Å²) < 4.78 is 9.89. The Balaban J connectivity index is 2.08. The van der Waals surface area contributed by atoms with Crippen LogP contribution in [0.4, 0.5) is 5.00 Å². The number of aromatic nitrogens is 1. The Morgan fingerprint density at radius 2 is 2.35 bits per heavy atom. The lowest BCUT2D eigenvalue weighted by Gasteiger charge is -2.35. The normalized spacial score (nSPS) is 23.1. The molecule has 2 rings (SSSR count). The van der Waals surface area contributed by atoms with E-state index < -0.39 is 0 Å². The Hall–Kier alpha value is -1.12. The predicted octanol–water partition coefficient (Wildman–Crippen LogP) is 2.69. The fourth-order valence-electron chi connectivity index (χ4n) is 2.14. The Labute approximate surface area is 106 Å². The van der Waals surface area contributed by atoms with E-state index in [1.165, 1.54) is 11.5 Å². The number of ether oxygens (including phenoxy) is 1. The highest BCUT2D eigenvalue weighted by Crippen LogP contribution is 2.30. The second kappa shape index (κ2) is 4.63. The van der Waals surface area contributed by atoms with Gasteiger partial charge in [-0.25, -0.2) is 0 Å². The second-order valence-electron chi connectivity index (χ2n) is 5.03. The number of hydrogen-bond donors (Lipinski definition) is 1. The van der Waals surface area contributed by atoms with Crippen molar-refractivity contribution in [3.05, 3.63) is 11.3 Å². The molecule has 1 N–H and O–H groups in total. The first-order valence-electron chi connectivity index (χ1n) is 5.79.